The third kappa shape index (κ3) is 3.79. The van der Waals surface area contributed by atoms with Gasteiger partial charge in [0.2, 0.25) is 5.82 Å². The van der Waals surface area contributed by atoms with Crippen LogP contribution in [0.25, 0.3) is 11.3 Å². The molecule has 1 amide bonds. The van der Waals surface area contributed by atoms with Crippen LogP contribution in [0.5, 0.6) is 5.75 Å². The van der Waals surface area contributed by atoms with Crippen LogP contribution in [0.2, 0.25) is 10.0 Å². The summed E-state index contributed by atoms with van der Waals surface area (Å²) in [5, 5.41) is 13.4. The lowest BCUT2D eigenvalue weighted by Crippen LogP contribution is -2.17. The van der Waals surface area contributed by atoms with Gasteiger partial charge in [-0.2, -0.15) is 0 Å². The van der Waals surface area contributed by atoms with E-state index in [-0.39, 0.29) is 11.6 Å². The molecule has 132 valence electrons. The molecular formula is C19H15Cl2N3O2. The van der Waals surface area contributed by atoms with E-state index in [0.717, 1.165) is 11.1 Å². The Morgan fingerprint density at radius 3 is 2.46 bits per heavy atom. The Morgan fingerprint density at radius 2 is 1.77 bits per heavy atom. The summed E-state index contributed by atoms with van der Waals surface area (Å²) in [5.74, 6) is -0.306. The molecule has 3 rings (SSSR count). The topological polar surface area (TPSA) is 75.1 Å². The molecule has 7 heteroatoms. The quantitative estimate of drug-likeness (QED) is 0.618. The lowest BCUT2D eigenvalue weighted by molar-refractivity contribution is 0.101. The third-order valence-electron chi connectivity index (χ3n) is 3.82. The first-order valence-electron chi connectivity index (χ1n) is 7.75. The summed E-state index contributed by atoms with van der Waals surface area (Å²) < 4.78 is 0. The van der Waals surface area contributed by atoms with Crippen LogP contribution in [0.1, 0.15) is 21.7 Å². The SMILES string of the molecule is Cc1cc(O)cc(C)c1NC(=O)c1nccc(-c2cc(Cl)ccc2Cl)n1. The molecule has 0 fully saturated rings. The predicted molar refractivity (Wildman–Crippen MR) is 103 cm³/mol. The van der Waals surface area contributed by atoms with Crippen molar-refractivity contribution in [1.82, 2.24) is 9.97 Å². The number of hydrogen-bond acceptors (Lipinski definition) is 4. The Morgan fingerprint density at radius 1 is 1.08 bits per heavy atom. The van der Waals surface area contributed by atoms with E-state index in [2.05, 4.69) is 15.3 Å². The number of amides is 1. The van der Waals surface area contributed by atoms with Gasteiger partial charge in [0.05, 0.1) is 10.7 Å². The first-order chi connectivity index (χ1) is 12.3. The van der Waals surface area contributed by atoms with Crippen molar-refractivity contribution in [3.05, 3.63) is 69.6 Å². The van der Waals surface area contributed by atoms with Crippen LogP contribution >= 0.6 is 23.2 Å². The highest BCUT2D eigenvalue weighted by atomic mass is 35.5. The van der Waals surface area contributed by atoms with E-state index in [9.17, 15) is 9.90 Å². The van der Waals surface area contributed by atoms with Gasteiger partial charge in [0.15, 0.2) is 0 Å². The van der Waals surface area contributed by atoms with Crippen LogP contribution in [0.4, 0.5) is 5.69 Å². The molecule has 5 nitrogen and oxygen atoms in total. The molecule has 1 aromatic heterocycles. The highest BCUT2D eigenvalue weighted by Crippen LogP contribution is 2.29. The maximum atomic E-state index is 12.6. The van der Waals surface area contributed by atoms with Crippen molar-refractivity contribution in [2.45, 2.75) is 13.8 Å². The Hall–Kier alpha value is -2.63. The molecule has 0 spiro atoms. The van der Waals surface area contributed by atoms with E-state index in [1.54, 1.807) is 50.2 Å². The third-order valence-corrected chi connectivity index (χ3v) is 4.38. The predicted octanol–water partition coefficient (Wildman–Crippen LogP) is 5.03. The molecule has 0 aliphatic carbocycles. The number of phenolic OH excluding ortho intramolecular Hbond substituents is 1. The number of aryl methyl sites for hydroxylation is 2. The van der Waals surface area contributed by atoms with Gasteiger partial charge in [0, 0.05) is 22.5 Å². The summed E-state index contributed by atoms with van der Waals surface area (Å²) in [6, 6.07) is 9.84. The van der Waals surface area contributed by atoms with Gasteiger partial charge < -0.3 is 10.4 Å². The number of rotatable bonds is 3. The number of carbonyl (C=O) groups excluding carboxylic acids is 1. The number of phenols is 1. The lowest BCUT2D eigenvalue weighted by atomic mass is 10.1. The fraction of sp³-hybridized carbons (Fsp3) is 0.105. The molecule has 0 saturated carbocycles. The Labute approximate surface area is 160 Å². The molecule has 1 heterocycles. The molecule has 2 N–H and O–H groups in total. The number of hydrogen-bond donors (Lipinski definition) is 2. The van der Waals surface area contributed by atoms with E-state index in [1.807, 2.05) is 0 Å². The second kappa shape index (κ2) is 7.32. The number of nitrogens with zero attached hydrogens (tertiary/aromatic N) is 2. The number of halogens is 2. The van der Waals surface area contributed by atoms with Crippen molar-refractivity contribution in [3.63, 3.8) is 0 Å². The van der Waals surface area contributed by atoms with Gasteiger partial charge in [-0.1, -0.05) is 23.2 Å². The summed E-state index contributed by atoms with van der Waals surface area (Å²) in [6.07, 6.45) is 1.49. The minimum Gasteiger partial charge on any atom is -0.508 e. The van der Waals surface area contributed by atoms with Crippen molar-refractivity contribution in [1.29, 1.82) is 0 Å². The fourth-order valence-electron chi connectivity index (χ4n) is 2.62. The first kappa shape index (κ1) is 18.2. The van der Waals surface area contributed by atoms with Crippen molar-refractivity contribution < 1.29 is 9.90 Å². The monoisotopic (exact) mass is 387 g/mol. The van der Waals surface area contributed by atoms with Gasteiger partial charge in [-0.15, -0.1) is 0 Å². The van der Waals surface area contributed by atoms with Gasteiger partial charge >= 0.3 is 0 Å². The molecule has 26 heavy (non-hydrogen) atoms. The van der Waals surface area contributed by atoms with E-state index in [1.165, 1.54) is 6.20 Å². The lowest BCUT2D eigenvalue weighted by Gasteiger charge is -2.12. The van der Waals surface area contributed by atoms with Crippen LogP contribution in [0.3, 0.4) is 0 Å². The highest BCUT2D eigenvalue weighted by molar-refractivity contribution is 6.35. The minimum absolute atomic E-state index is 0.00502. The second-order valence-electron chi connectivity index (χ2n) is 5.80. The Kier molecular flexibility index (Phi) is 5.11. The smallest absolute Gasteiger partial charge is 0.293 e. The number of carbonyl (C=O) groups is 1. The van der Waals surface area contributed by atoms with Crippen LogP contribution in [0, 0.1) is 13.8 Å². The zero-order chi connectivity index (χ0) is 18.8. The van der Waals surface area contributed by atoms with Gasteiger partial charge in [0.25, 0.3) is 5.91 Å². The summed E-state index contributed by atoms with van der Waals surface area (Å²) >= 11 is 12.2. The standard InChI is InChI=1S/C19H15Cl2N3O2/c1-10-7-13(25)8-11(2)17(10)24-19(26)18-22-6-5-16(23-18)14-9-12(20)3-4-15(14)21/h3-9,25H,1-2H3,(H,24,26). The Bertz CT molecular complexity index is 983. The normalized spacial score (nSPS) is 10.6. The number of benzene rings is 2. The van der Waals surface area contributed by atoms with E-state index >= 15 is 0 Å². The Balaban J connectivity index is 1.93. The zero-order valence-corrected chi connectivity index (χ0v) is 15.6. The number of anilines is 1. The molecule has 2 aromatic carbocycles. The highest BCUT2D eigenvalue weighted by Gasteiger charge is 2.15. The van der Waals surface area contributed by atoms with Crippen LogP contribution in [0.15, 0.2) is 42.6 Å². The van der Waals surface area contributed by atoms with Crippen molar-refractivity contribution in [2.24, 2.45) is 0 Å². The van der Waals surface area contributed by atoms with Gasteiger partial charge in [0.1, 0.15) is 5.75 Å². The maximum absolute atomic E-state index is 12.6. The zero-order valence-electron chi connectivity index (χ0n) is 14.0. The van der Waals surface area contributed by atoms with E-state index in [0.29, 0.717) is 27.0 Å². The van der Waals surface area contributed by atoms with Crippen LogP contribution in [-0.4, -0.2) is 21.0 Å². The molecular weight excluding hydrogens is 373 g/mol. The number of aromatic nitrogens is 2. The van der Waals surface area contributed by atoms with Crippen molar-refractivity contribution >= 4 is 34.8 Å². The molecule has 0 aliphatic heterocycles. The van der Waals surface area contributed by atoms with Crippen LogP contribution < -0.4 is 5.32 Å². The average Bonchev–Trinajstić information content (AvgIpc) is 2.60. The maximum Gasteiger partial charge on any atom is 0.293 e. The van der Waals surface area contributed by atoms with Crippen molar-refractivity contribution in [3.8, 4) is 17.0 Å². The first-order valence-corrected chi connectivity index (χ1v) is 8.51. The average molecular weight is 388 g/mol. The summed E-state index contributed by atoms with van der Waals surface area (Å²) in [7, 11) is 0. The molecule has 0 radical (unpaired) electrons. The minimum atomic E-state index is -0.457. The largest absolute Gasteiger partial charge is 0.508 e. The molecule has 3 aromatic rings. The number of aromatic hydroxyl groups is 1. The van der Waals surface area contributed by atoms with Gasteiger partial charge in [-0.05, 0) is 61.4 Å². The van der Waals surface area contributed by atoms with Crippen molar-refractivity contribution in [2.75, 3.05) is 5.32 Å². The molecule has 0 aliphatic rings. The fourth-order valence-corrected chi connectivity index (χ4v) is 3.01. The second-order valence-corrected chi connectivity index (χ2v) is 6.64. The summed E-state index contributed by atoms with van der Waals surface area (Å²) in [4.78, 5) is 20.9. The number of nitrogens with one attached hydrogen (secondary N) is 1. The molecule has 0 atom stereocenters. The van der Waals surface area contributed by atoms with Crippen LogP contribution in [-0.2, 0) is 0 Å². The van der Waals surface area contributed by atoms with E-state index in [4.69, 9.17) is 23.2 Å². The molecule has 0 unspecified atom stereocenters. The molecule has 0 saturated heterocycles. The van der Waals surface area contributed by atoms with Gasteiger partial charge in [-0.25, -0.2) is 9.97 Å². The van der Waals surface area contributed by atoms with E-state index < -0.39 is 5.91 Å². The molecule has 0 bridgehead atoms. The summed E-state index contributed by atoms with van der Waals surface area (Å²) in [6.45, 7) is 3.59. The summed E-state index contributed by atoms with van der Waals surface area (Å²) in [5.41, 5.74) is 3.21. The van der Waals surface area contributed by atoms with Gasteiger partial charge in [-0.3, -0.25) is 4.79 Å².